The topological polar surface area (TPSA) is 58.3 Å². The third-order valence-electron chi connectivity index (χ3n) is 3.64. The summed E-state index contributed by atoms with van der Waals surface area (Å²) in [5.74, 6) is 2.07. The van der Waals surface area contributed by atoms with E-state index in [0.29, 0.717) is 6.54 Å². The van der Waals surface area contributed by atoms with Gasteiger partial charge in [-0.1, -0.05) is 12.1 Å². The summed E-state index contributed by atoms with van der Waals surface area (Å²) >= 11 is 0. The van der Waals surface area contributed by atoms with Gasteiger partial charge in [0.05, 0.1) is 0 Å². The molecule has 5 nitrogen and oxygen atoms in total. The van der Waals surface area contributed by atoms with Gasteiger partial charge in [-0.2, -0.15) is 0 Å². The fourth-order valence-electron chi connectivity index (χ4n) is 2.56. The molecule has 20 heavy (non-hydrogen) atoms. The van der Waals surface area contributed by atoms with Gasteiger partial charge in [-0.05, 0) is 18.2 Å². The molecule has 2 aromatic heterocycles. The lowest BCUT2D eigenvalue weighted by Crippen LogP contribution is -2.47. The van der Waals surface area contributed by atoms with Crippen LogP contribution in [0.3, 0.4) is 0 Å². The Bertz CT molecular complexity index is 549. The number of nitrogens with zero attached hydrogens (tertiary/aromatic N) is 4. The van der Waals surface area contributed by atoms with Crippen LogP contribution in [0, 0.1) is 0 Å². The number of aromatic nitrogens is 2. The van der Waals surface area contributed by atoms with Gasteiger partial charge in [0.2, 0.25) is 0 Å². The van der Waals surface area contributed by atoms with Crippen molar-refractivity contribution in [3.8, 4) is 0 Å². The largest absolute Gasteiger partial charge is 0.353 e. The molecule has 1 saturated heterocycles. The summed E-state index contributed by atoms with van der Waals surface area (Å²) in [5, 5.41) is 0. The van der Waals surface area contributed by atoms with E-state index in [0.717, 1.165) is 43.4 Å². The Hall–Kier alpha value is -2.14. The average Bonchev–Trinajstić information content (AvgIpc) is 2.56. The molecule has 0 spiro atoms. The summed E-state index contributed by atoms with van der Waals surface area (Å²) in [6.07, 6.45) is 3.67. The molecule has 0 radical (unpaired) electrons. The molecule has 0 aromatic carbocycles. The highest BCUT2D eigenvalue weighted by Crippen LogP contribution is 2.20. The number of nitrogens with two attached hydrogens (primary N) is 1. The first-order valence-electron chi connectivity index (χ1n) is 6.93. The minimum atomic E-state index is 0.531. The minimum Gasteiger partial charge on any atom is -0.353 e. The highest BCUT2D eigenvalue weighted by Gasteiger charge is 2.20. The molecule has 2 N–H and O–H groups in total. The molecule has 1 aliphatic rings. The Labute approximate surface area is 119 Å². The van der Waals surface area contributed by atoms with Gasteiger partial charge in [0.1, 0.15) is 11.6 Å². The van der Waals surface area contributed by atoms with Crippen LogP contribution >= 0.6 is 0 Å². The van der Waals surface area contributed by atoms with Crippen molar-refractivity contribution in [2.24, 2.45) is 5.73 Å². The Morgan fingerprint density at radius 1 is 0.900 bits per heavy atom. The number of hydrogen-bond acceptors (Lipinski definition) is 5. The van der Waals surface area contributed by atoms with Crippen LogP contribution in [0.4, 0.5) is 11.6 Å². The molecule has 0 saturated carbocycles. The molecular formula is C15H19N5. The first-order valence-corrected chi connectivity index (χ1v) is 6.93. The van der Waals surface area contributed by atoms with Crippen molar-refractivity contribution in [1.29, 1.82) is 0 Å². The normalized spacial score (nSPS) is 15.4. The molecule has 1 aliphatic heterocycles. The number of hydrogen-bond donors (Lipinski definition) is 1. The minimum absolute atomic E-state index is 0.531. The van der Waals surface area contributed by atoms with Gasteiger partial charge in [-0.15, -0.1) is 0 Å². The van der Waals surface area contributed by atoms with E-state index in [-0.39, 0.29) is 0 Å². The van der Waals surface area contributed by atoms with Gasteiger partial charge in [0.15, 0.2) is 0 Å². The molecule has 0 unspecified atom stereocenters. The smallest absolute Gasteiger partial charge is 0.133 e. The van der Waals surface area contributed by atoms with Crippen LogP contribution in [0.25, 0.3) is 0 Å². The molecule has 3 rings (SSSR count). The quantitative estimate of drug-likeness (QED) is 0.909. The Morgan fingerprint density at radius 3 is 2.35 bits per heavy atom. The van der Waals surface area contributed by atoms with Crippen LogP contribution in [0.2, 0.25) is 0 Å². The fourth-order valence-corrected chi connectivity index (χ4v) is 2.56. The Balaban J connectivity index is 1.70. The second kappa shape index (κ2) is 5.88. The lowest BCUT2D eigenvalue weighted by atomic mass is 10.2. The molecule has 0 bridgehead atoms. The van der Waals surface area contributed by atoms with Crippen LogP contribution in [-0.4, -0.2) is 36.1 Å². The maximum atomic E-state index is 5.79. The van der Waals surface area contributed by atoms with Crippen LogP contribution < -0.4 is 15.5 Å². The average molecular weight is 269 g/mol. The van der Waals surface area contributed by atoms with E-state index in [9.17, 15) is 0 Å². The van der Waals surface area contributed by atoms with Crippen molar-refractivity contribution in [2.45, 2.75) is 6.54 Å². The van der Waals surface area contributed by atoms with Crippen LogP contribution in [0.5, 0.6) is 0 Å². The summed E-state index contributed by atoms with van der Waals surface area (Å²) in [6.45, 7) is 4.33. The highest BCUT2D eigenvalue weighted by molar-refractivity contribution is 5.49. The molecule has 2 aromatic rings. The van der Waals surface area contributed by atoms with E-state index in [4.69, 9.17) is 5.73 Å². The van der Waals surface area contributed by atoms with Crippen molar-refractivity contribution in [3.05, 3.63) is 48.3 Å². The fraction of sp³-hybridized carbons (Fsp3) is 0.333. The van der Waals surface area contributed by atoms with Crippen molar-refractivity contribution in [1.82, 2.24) is 9.97 Å². The third kappa shape index (κ3) is 2.58. The van der Waals surface area contributed by atoms with E-state index in [1.54, 1.807) is 0 Å². The van der Waals surface area contributed by atoms with Gasteiger partial charge in [-0.25, -0.2) is 9.97 Å². The monoisotopic (exact) mass is 269 g/mol. The molecule has 1 fully saturated rings. The highest BCUT2D eigenvalue weighted by atomic mass is 15.3. The van der Waals surface area contributed by atoms with Gasteiger partial charge in [0.25, 0.3) is 0 Å². The lowest BCUT2D eigenvalue weighted by molar-refractivity contribution is 0.639. The lowest BCUT2D eigenvalue weighted by Gasteiger charge is -2.36. The second-order valence-electron chi connectivity index (χ2n) is 4.85. The van der Waals surface area contributed by atoms with Crippen molar-refractivity contribution >= 4 is 11.6 Å². The van der Waals surface area contributed by atoms with Crippen LogP contribution in [0.1, 0.15) is 5.56 Å². The molecular weight excluding hydrogens is 250 g/mol. The summed E-state index contributed by atoms with van der Waals surface area (Å²) in [4.78, 5) is 13.5. The van der Waals surface area contributed by atoms with E-state index in [1.165, 1.54) is 0 Å². The first kappa shape index (κ1) is 12.9. The molecule has 5 heteroatoms. The Morgan fingerprint density at radius 2 is 1.65 bits per heavy atom. The molecule has 0 atom stereocenters. The van der Waals surface area contributed by atoms with E-state index >= 15 is 0 Å². The second-order valence-corrected chi connectivity index (χ2v) is 4.85. The van der Waals surface area contributed by atoms with E-state index in [1.807, 2.05) is 36.7 Å². The Kier molecular flexibility index (Phi) is 3.78. The number of anilines is 2. The standard InChI is InChI=1S/C15H19N5/c16-12-13-4-3-7-18-15(13)20-10-8-19(9-11-20)14-5-1-2-6-17-14/h1-7H,8-12,16H2. The van der Waals surface area contributed by atoms with Gasteiger partial charge >= 0.3 is 0 Å². The van der Waals surface area contributed by atoms with Crippen molar-refractivity contribution in [2.75, 3.05) is 36.0 Å². The van der Waals surface area contributed by atoms with Crippen molar-refractivity contribution < 1.29 is 0 Å². The van der Waals surface area contributed by atoms with Gasteiger partial charge < -0.3 is 15.5 Å². The maximum absolute atomic E-state index is 5.79. The number of pyridine rings is 2. The number of piperazine rings is 1. The summed E-state index contributed by atoms with van der Waals surface area (Å²) < 4.78 is 0. The first-order chi connectivity index (χ1) is 9.88. The zero-order chi connectivity index (χ0) is 13.8. The van der Waals surface area contributed by atoms with Crippen LogP contribution in [0.15, 0.2) is 42.7 Å². The zero-order valence-electron chi connectivity index (χ0n) is 11.4. The maximum Gasteiger partial charge on any atom is 0.133 e. The van der Waals surface area contributed by atoms with E-state index < -0.39 is 0 Å². The van der Waals surface area contributed by atoms with Gasteiger partial charge in [0, 0.05) is 50.7 Å². The van der Waals surface area contributed by atoms with E-state index in [2.05, 4.69) is 25.8 Å². The van der Waals surface area contributed by atoms with Crippen LogP contribution in [-0.2, 0) is 6.54 Å². The molecule has 0 amide bonds. The molecule has 104 valence electrons. The van der Waals surface area contributed by atoms with Gasteiger partial charge in [-0.3, -0.25) is 0 Å². The predicted molar refractivity (Wildman–Crippen MR) is 80.8 cm³/mol. The summed E-state index contributed by atoms with van der Waals surface area (Å²) in [5.41, 5.74) is 6.90. The number of rotatable bonds is 3. The molecule has 3 heterocycles. The zero-order valence-corrected chi connectivity index (χ0v) is 11.4. The molecule has 0 aliphatic carbocycles. The third-order valence-corrected chi connectivity index (χ3v) is 3.64. The van der Waals surface area contributed by atoms with Crippen molar-refractivity contribution in [3.63, 3.8) is 0 Å². The summed E-state index contributed by atoms with van der Waals surface area (Å²) in [7, 11) is 0. The summed E-state index contributed by atoms with van der Waals surface area (Å²) in [6, 6.07) is 10.0. The predicted octanol–water partition coefficient (Wildman–Crippen LogP) is 1.26. The SMILES string of the molecule is NCc1cccnc1N1CCN(c2ccccn2)CC1.